The largest absolute Gasteiger partial charge is 0.492 e. The normalized spacial score (nSPS) is 10.3. The summed E-state index contributed by atoms with van der Waals surface area (Å²) in [6, 6.07) is 12.5. The van der Waals surface area contributed by atoms with Gasteiger partial charge in [-0.2, -0.15) is 0 Å². The van der Waals surface area contributed by atoms with E-state index in [1.807, 2.05) is 31.2 Å². The number of ether oxygens (including phenoxy) is 1. The lowest BCUT2D eigenvalue weighted by Crippen LogP contribution is -2.42. The lowest BCUT2D eigenvalue weighted by atomic mass is 10.2. The van der Waals surface area contributed by atoms with Crippen LogP contribution in [0.5, 0.6) is 5.75 Å². The third kappa shape index (κ3) is 6.39. The molecular formula is C19H18N6O5S2. The Kier molecular flexibility index (Phi) is 7.94. The molecule has 0 saturated carbocycles. The highest BCUT2D eigenvalue weighted by atomic mass is 32.2. The standard InChI is InChI=1S/C19H18N6O5S2/c1-2-30-15-6-4-3-5-14(15)20-18-23-24-19(32-18)31-11-16(26)21-22-17(27)12-7-9-13(10-8-12)25(28)29/h3-10H,2,11H2,1H3,(H,20,23)(H,21,26)(H,22,27). The van der Waals surface area contributed by atoms with Crippen LogP contribution in [0.3, 0.4) is 0 Å². The molecular weight excluding hydrogens is 456 g/mol. The minimum Gasteiger partial charge on any atom is -0.492 e. The Balaban J connectivity index is 1.46. The lowest BCUT2D eigenvalue weighted by Gasteiger charge is -2.09. The molecule has 0 unspecified atom stereocenters. The van der Waals surface area contributed by atoms with Crippen molar-refractivity contribution in [3.8, 4) is 5.75 Å². The number of non-ortho nitro benzene ring substituents is 1. The Labute approximate surface area is 190 Å². The summed E-state index contributed by atoms with van der Waals surface area (Å²) in [6.07, 6.45) is 0. The molecule has 2 aromatic carbocycles. The van der Waals surface area contributed by atoms with Crippen LogP contribution < -0.4 is 20.9 Å². The highest BCUT2D eigenvalue weighted by Gasteiger charge is 2.12. The van der Waals surface area contributed by atoms with Gasteiger partial charge < -0.3 is 10.1 Å². The first kappa shape index (κ1) is 23.0. The summed E-state index contributed by atoms with van der Waals surface area (Å²) < 4.78 is 6.13. The van der Waals surface area contributed by atoms with Crippen LogP contribution >= 0.6 is 23.1 Å². The van der Waals surface area contributed by atoms with Gasteiger partial charge in [-0.1, -0.05) is 35.2 Å². The predicted molar refractivity (Wildman–Crippen MR) is 120 cm³/mol. The number of benzene rings is 2. The van der Waals surface area contributed by atoms with Crippen molar-refractivity contribution in [3.05, 3.63) is 64.2 Å². The Morgan fingerprint density at radius 3 is 2.59 bits per heavy atom. The Bertz CT molecular complexity index is 1110. The van der Waals surface area contributed by atoms with Crippen LogP contribution in [-0.4, -0.2) is 39.3 Å². The first-order valence-corrected chi connectivity index (χ1v) is 11.0. The maximum Gasteiger partial charge on any atom is 0.269 e. The maximum absolute atomic E-state index is 12.0. The van der Waals surface area contributed by atoms with E-state index in [0.717, 1.165) is 17.4 Å². The second-order valence-corrected chi connectivity index (χ2v) is 8.22. The molecule has 3 rings (SSSR count). The molecule has 0 bridgehead atoms. The third-order valence-electron chi connectivity index (χ3n) is 3.82. The molecule has 0 atom stereocenters. The zero-order valence-electron chi connectivity index (χ0n) is 16.7. The number of thioether (sulfide) groups is 1. The molecule has 3 aromatic rings. The molecule has 3 N–H and O–H groups in total. The molecule has 0 aliphatic rings. The Hall–Kier alpha value is -3.71. The van der Waals surface area contributed by atoms with Crippen LogP contribution in [0.1, 0.15) is 17.3 Å². The monoisotopic (exact) mass is 474 g/mol. The van der Waals surface area contributed by atoms with Crippen molar-refractivity contribution in [3.63, 3.8) is 0 Å². The number of amides is 2. The average molecular weight is 475 g/mol. The Morgan fingerprint density at radius 2 is 1.88 bits per heavy atom. The summed E-state index contributed by atoms with van der Waals surface area (Å²) in [7, 11) is 0. The van der Waals surface area contributed by atoms with Gasteiger partial charge in [0.05, 0.1) is 23.0 Å². The molecule has 0 saturated heterocycles. The molecule has 11 nitrogen and oxygen atoms in total. The van der Waals surface area contributed by atoms with Crippen LogP contribution in [-0.2, 0) is 4.79 Å². The van der Waals surface area contributed by atoms with Crippen molar-refractivity contribution in [2.45, 2.75) is 11.3 Å². The van der Waals surface area contributed by atoms with Crippen LogP contribution in [0.25, 0.3) is 0 Å². The van der Waals surface area contributed by atoms with Gasteiger partial charge in [-0.25, -0.2) is 0 Å². The maximum atomic E-state index is 12.0. The van der Waals surface area contributed by atoms with Crippen molar-refractivity contribution in [1.29, 1.82) is 0 Å². The molecule has 166 valence electrons. The van der Waals surface area contributed by atoms with E-state index in [4.69, 9.17) is 4.74 Å². The fourth-order valence-corrected chi connectivity index (χ4v) is 3.95. The van der Waals surface area contributed by atoms with Gasteiger partial charge in [0.2, 0.25) is 11.0 Å². The summed E-state index contributed by atoms with van der Waals surface area (Å²) >= 11 is 2.44. The topological polar surface area (TPSA) is 148 Å². The van der Waals surface area contributed by atoms with E-state index in [2.05, 4.69) is 26.4 Å². The van der Waals surface area contributed by atoms with Crippen molar-refractivity contribution in [2.75, 3.05) is 17.7 Å². The van der Waals surface area contributed by atoms with Crippen LogP contribution in [0.15, 0.2) is 52.9 Å². The first-order valence-electron chi connectivity index (χ1n) is 9.25. The second kappa shape index (κ2) is 11.1. The fraction of sp³-hybridized carbons (Fsp3) is 0.158. The number of nitrogens with one attached hydrogen (secondary N) is 3. The number of rotatable bonds is 9. The number of nitrogens with zero attached hydrogens (tertiary/aromatic N) is 3. The summed E-state index contributed by atoms with van der Waals surface area (Å²) in [5, 5.41) is 22.4. The second-order valence-electron chi connectivity index (χ2n) is 6.02. The molecule has 0 fully saturated rings. The number of hydrazine groups is 1. The van der Waals surface area contributed by atoms with Gasteiger partial charge in [-0.15, -0.1) is 10.2 Å². The van der Waals surface area contributed by atoms with E-state index < -0.39 is 16.7 Å². The number of hydrogen-bond donors (Lipinski definition) is 3. The van der Waals surface area contributed by atoms with Crippen molar-refractivity contribution in [1.82, 2.24) is 21.0 Å². The molecule has 0 radical (unpaired) electrons. The van der Waals surface area contributed by atoms with Gasteiger partial charge in [0.1, 0.15) is 5.75 Å². The van der Waals surface area contributed by atoms with Gasteiger partial charge in [-0.05, 0) is 31.2 Å². The van der Waals surface area contributed by atoms with Gasteiger partial charge in [0.15, 0.2) is 4.34 Å². The lowest BCUT2D eigenvalue weighted by molar-refractivity contribution is -0.384. The quantitative estimate of drug-likeness (QED) is 0.241. The van der Waals surface area contributed by atoms with Gasteiger partial charge in [0.25, 0.3) is 11.6 Å². The fourth-order valence-electron chi connectivity index (χ4n) is 2.38. The molecule has 13 heteroatoms. The summed E-state index contributed by atoms with van der Waals surface area (Å²) in [4.78, 5) is 34.1. The third-order valence-corrected chi connectivity index (χ3v) is 5.79. The van der Waals surface area contributed by atoms with Gasteiger partial charge in [-0.3, -0.25) is 30.6 Å². The van der Waals surface area contributed by atoms with Crippen LogP contribution in [0, 0.1) is 10.1 Å². The zero-order chi connectivity index (χ0) is 22.9. The van der Waals surface area contributed by atoms with Crippen LogP contribution in [0.2, 0.25) is 0 Å². The van der Waals surface area contributed by atoms with Crippen molar-refractivity contribution >= 4 is 51.4 Å². The molecule has 2 amide bonds. The number of carbonyl (C=O) groups excluding carboxylic acids is 2. The number of nitro benzene ring substituents is 1. The average Bonchev–Trinajstić information content (AvgIpc) is 3.25. The van der Waals surface area contributed by atoms with Crippen LogP contribution in [0.4, 0.5) is 16.5 Å². The molecule has 32 heavy (non-hydrogen) atoms. The number of carbonyl (C=O) groups is 2. The highest BCUT2D eigenvalue weighted by Crippen LogP contribution is 2.31. The van der Waals surface area contributed by atoms with Gasteiger partial charge in [0, 0.05) is 17.7 Å². The molecule has 1 aromatic heterocycles. The zero-order valence-corrected chi connectivity index (χ0v) is 18.4. The van der Waals surface area contributed by atoms with Gasteiger partial charge >= 0.3 is 0 Å². The first-order chi connectivity index (χ1) is 15.5. The van der Waals surface area contributed by atoms with E-state index in [0.29, 0.717) is 21.8 Å². The summed E-state index contributed by atoms with van der Waals surface area (Å²) in [6.45, 7) is 2.43. The smallest absolute Gasteiger partial charge is 0.269 e. The van der Waals surface area contributed by atoms with E-state index in [1.165, 1.54) is 35.6 Å². The van der Waals surface area contributed by atoms with E-state index in [-0.39, 0.29) is 17.0 Å². The molecule has 0 aliphatic heterocycles. The number of nitro groups is 1. The van der Waals surface area contributed by atoms with E-state index in [9.17, 15) is 19.7 Å². The van der Waals surface area contributed by atoms with E-state index >= 15 is 0 Å². The molecule has 1 heterocycles. The summed E-state index contributed by atoms with van der Waals surface area (Å²) in [5.41, 5.74) is 5.35. The van der Waals surface area contributed by atoms with E-state index in [1.54, 1.807) is 0 Å². The van der Waals surface area contributed by atoms with Crippen molar-refractivity contribution < 1.29 is 19.2 Å². The molecule has 0 aliphatic carbocycles. The highest BCUT2D eigenvalue weighted by molar-refractivity contribution is 8.01. The number of aromatic nitrogens is 2. The Morgan fingerprint density at radius 1 is 1.12 bits per heavy atom. The summed E-state index contributed by atoms with van der Waals surface area (Å²) in [5.74, 6) is -0.335. The van der Waals surface area contributed by atoms with Crippen molar-refractivity contribution in [2.24, 2.45) is 0 Å². The predicted octanol–water partition coefficient (Wildman–Crippen LogP) is 3.14. The molecule has 0 spiro atoms. The minimum absolute atomic E-state index is 0.00467. The number of hydrogen-bond acceptors (Lipinski definition) is 10. The minimum atomic E-state index is -0.589. The number of anilines is 2. The SMILES string of the molecule is CCOc1ccccc1Nc1nnc(SCC(=O)NNC(=O)c2ccc([N+](=O)[O-])cc2)s1. The number of para-hydroxylation sites is 2.